The first-order chi connectivity index (χ1) is 19.2. The molecule has 1 aliphatic carbocycles. The van der Waals surface area contributed by atoms with Gasteiger partial charge in [-0.05, 0) is 48.4 Å². The monoisotopic (exact) mass is 603 g/mol. The first kappa shape index (κ1) is 32.1. The summed E-state index contributed by atoms with van der Waals surface area (Å²) in [6.45, 7) is 3.51. The van der Waals surface area contributed by atoms with Gasteiger partial charge in [-0.2, -0.15) is 17.6 Å². The Kier molecular flexibility index (Phi) is 10.6. The maximum Gasteiger partial charge on any atom is 0.461 e. The van der Waals surface area contributed by atoms with Crippen molar-refractivity contribution in [2.24, 2.45) is 16.8 Å². The molecule has 4 atom stereocenters. The summed E-state index contributed by atoms with van der Waals surface area (Å²) >= 11 is 6.18. The van der Waals surface area contributed by atoms with Gasteiger partial charge in [-0.25, -0.2) is 9.18 Å². The molecule has 1 aliphatic heterocycles. The number of nitrogens with zero attached hydrogens (tertiary/aromatic N) is 1. The first-order valence-electron chi connectivity index (χ1n) is 12.9. The van der Waals surface area contributed by atoms with Crippen molar-refractivity contribution in [2.75, 3.05) is 6.54 Å². The van der Waals surface area contributed by atoms with Gasteiger partial charge < -0.3 is 20.5 Å². The number of aliphatic carboxylic acids is 1. The lowest BCUT2D eigenvalue weighted by Gasteiger charge is -2.39. The number of amides is 2. The van der Waals surface area contributed by atoms with E-state index >= 15 is 0 Å². The molecule has 41 heavy (non-hydrogen) atoms. The van der Waals surface area contributed by atoms with Crippen molar-refractivity contribution < 1.29 is 41.4 Å². The van der Waals surface area contributed by atoms with Crippen LogP contribution in [-0.2, 0) is 10.3 Å². The number of carbonyl (C=O) groups is 2. The normalized spacial score (nSPS) is 20.9. The van der Waals surface area contributed by atoms with E-state index < -0.39 is 53.1 Å². The smallest absolute Gasteiger partial charge is 0.461 e. The van der Waals surface area contributed by atoms with Crippen LogP contribution in [0.25, 0.3) is 0 Å². The zero-order valence-electron chi connectivity index (χ0n) is 22.3. The molecule has 0 bridgehead atoms. The number of alkyl halides is 5. The zero-order valence-corrected chi connectivity index (χ0v) is 23.1. The summed E-state index contributed by atoms with van der Waals surface area (Å²) < 4.78 is 72.5. The fourth-order valence-corrected chi connectivity index (χ4v) is 4.76. The molecule has 1 aromatic carbocycles. The summed E-state index contributed by atoms with van der Waals surface area (Å²) in [4.78, 5) is 29.3. The van der Waals surface area contributed by atoms with Gasteiger partial charge in [0.05, 0.1) is 24.1 Å². The molecule has 1 aromatic rings. The van der Waals surface area contributed by atoms with E-state index in [1.807, 2.05) is 18.2 Å². The Morgan fingerprint density at radius 2 is 1.93 bits per heavy atom. The lowest BCUT2D eigenvalue weighted by molar-refractivity contribution is -0.253. The number of benzene rings is 1. The topological polar surface area (TPSA) is 100 Å². The Morgan fingerprint density at radius 1 is 1.20 bits per heavy atom. The Hall–Kier alpha value is -3.41. The summed E-state index contributed by atoms with van der Waals surface area (Å²) in [7, 11) is 0. The average molecular weight is 604 g/mol. The van der Waals surface area contributed by atoms with Crippen LogP contribution in [0.4, 0.5) is 26.7 Å². The maximum absolute atomic E-state index is 14.9. The van der Waals surface area contributed by atoms with Crippen LogP contribution in [0, 0.1) is 17.7 Å². The van der Waals surface area contributed by atoms with Gasteiger partial charge >= 0.3 is 24.5 Å². The fraction of sp³-hybridized carbons (Fsp3) is 0.464. The van der Waals surface area contributed by atoms with Crippen LogP contribution in [0.2, 0.25) is 0 Å². The lowest BCUT2D eigenvalue weighted by Crippen LogP contribution is -2.57. The first-order valence-corrected chi connectivity index (χ1v) is 13.3. The van der Waals surface area contributed by atoms with Crippen LogP contribution in [0.15, 0.2) is 59.6 Å². The van der Waals surface area contributed by atoms with E-state index in [0.29, 0.717) is 12.5 Å². The van der Waals surface area contributed by atoms with E-state index in [1.54, 1.807) is 26.0 Å². The third-order valence-corrected chi connectivity index (χ3v) is 6.97. The number of hydrogen-bond acceptors (Lipinski definition) is 4. The van der Waals surface area contributed by atoms with Crippen LogP contribution < -0.4 is 15.4 Å². The molecule has 0 spiro atoms. The van der Waals surface area contributed by atoms with Crippen LogP contribution in [0.5, 0.6) is 5.75 Å². The number of urea groups is 1. The summed E-state index contributed by atoms with van der Waals surface area (Å²) in [5.74, 6) is -3.67. The largest absolute Gasteiger partial charge is 0.481 e. The molecule has 0 saturated carbocycles. The number of carboxylic acids is 1. The van der Waals surface area contributed by atoms with Gasteiger partial charge in [0.1, 0.15) is 17.1 Å². The Morgan fingerprint density at radius 3 is 2.49 bits per heavy atom. The van der Waals surface area contributed by atoms with E-state index in [0.717, 1.165) is 12.1 Å². The van der Waals surface area contributed by atoms with Crippen molar-refractivity contribution in [3.8, 4) is 5.75 Å². The van der Waals surface area contributed by atoms with E-state index in [9.17, 15) is 36.6 Å². The number of hydrogen-bond donors (Lipinski definition) is 3. The fourth-order valence-electron chi connectivity index (χ4n) is 4.62. The number of nitrogens with one attached hydrogen (secondary N) is 2. The molecule has 3 N–H and O–H groups in total. The highest BCUT2D eigenvalue weighted by Crippen LogP contribution is 2.38. The Labute approximate surface area is 239 Å². The maximum atomic E-state index is 14.9. The molecule has 1 heterocycles. The van der Waals surface area contributed by atoms with Crippen LogP contribution in [-0.4, -0.2) is 53.3 Å². The summed E-state index contributed by atoms with van der Waals surface area (Å²) in [5.41, 5.74) is -1.61. The van der Waals surface area contributed by atoms with Gasteiger partial charge in [0.25, 0.3) is 0 Å². The molecule has 0 fully saturated rings. The van der Waals surface area contributed by atoms with E-state index in [1.165, 1.54) is 6.08 Å². The van der Waals surface area contributed by atoms with Crippen LogP contribution >= 0.6 is 11.6 Å². The lowest BCUT2D eigenvalue weighted by atomic mass is 9.75. The molecule has 2 aliphatic rings. The predicted octanol–water partition coefficient (Wildman–Crippen LogP) is 6.20. The van der Waals surface area contributed by atoms with E-state index in [-0.39, 0.29) is 42.5 Å². The van der Waals surface area contributed by atoms with Gasteiger partial charge in [0.2, 0.25) is 0 Å². The molecular weight excluding hydrogens is 573 g/mol. The quantitative estimate of drug-likeness (QED) is 0.196. The number of carbonyl (C=O) groups excluding carboxylic acids is 1. The molecule has 3 rings (SSSR count). The number of ether oxygens (including phenoxy) is 1. The summed E-state index contributed by atoms with van der Waals surface area (Å²) in [6.07, 6.45) is 1.47. The second kappa shape index (κ2) is 13.5. The number of carboxylic acid groups (broad SMARTS) is 1. The van der Waals surface area contributed by atoms with Crippen LogP contribution in [0.3, 0.4) is 0 Å². The minimum Gasteiger partial charge on any atom is -0.481 e. The summed E-state index contributed by atoms with van der Waals surface area (Å²) in [5, 5.41) is 14.2. The van der Waals surface area contributed by atoms with Crippen LogP contribution in [0.1, 0.15) is 38.7 Å². The molecule has 13 heteroatoms. The third kappa shape index (κ3) is 8.54. The SMILES string of the molecule is CC(C)C(CC(=O)O)NC(=O)N[C@](CC1C=CC=CC1)(C1=NCC(Cl)C=C1)c1cc(F)cc(OC(F)(F)C(F)F)c1. The molecular formula is C28H31ClF5N3O4. The van der Waals surface area contributed by atoms with Crippen molar-refractivity contribution in [1.82, 2.24) is 10.6 Å². The highest BCUT2D eigenvalue weighted by molar-refractivity contribution is 6.23. The average Bonchev–Trinajstić information content (AvgIpc) is 2.88. The van der Waals surface area contributed by atoms with Gasteiger partial charge in [0, 0.05) is 12.1 Å². The zero-order chi connectivity index (χ0) is 30.4. The van der Waals surface area contributed by atoms with Crippen molar-refractivity contribution in [3.05, 3.63) is 66.0 Å². The predicted molar refractivity (Wildman–Crippen MR) is 144 cm³/mol. The molecule has 224 valence electrons. The molecule has 7 nitrogen and oxygen atoms in total. The van der Waals surface area contributed by atoms with Crippen molar-refractivity contribution in [2.45, 2.75) is 62.6 Å². The minimum absolute atomic E-state index is 0.0385. The van der Waals surface area contributed by atoms with Gasteiger partial charge in [-0.15, -0.1) is 11.6 Å². The van der Waals surface area contributed by atoms with Gasteiger partial charge in [-0.1, -0.05) is 44.2 Å². The molecule has 0 saturated heterocycles. The third-order valence-electron chi connectivity index (χ3n) is 6.69. The second-order valence-corrected chi connectivity index (χ2v) is 10.8. The highest BCUT2D eigenvalue weighted by Gasteiger charge is 2.45. The number of aliphatic imine (C=N–C) groups is 1. The number of dihydropyridines is 1. The highest BCUT2D eigenvalue weighted by atomic mass is 35.5. The van der Waals surface area contributed by atoms with Crippen molar-refractivity contribution >= 4 is 29.3 Å². The number of allylic oxidation sites excluding steroid dienone is 4. The van der Waals surface area contributed by atoms with E-state index in [4.69, 9.17) is 11.6 Å². The molecule has 3 unspecified atom stereocenters. The Bertz CT molecular complexity index is 1240. The Balaban J connectivity index is 2.16. The summed E-state index contributed by atoms with van der Waals surface area (Å²) in [6, 6.07) is 0.811. The van der Waals surface area contributed by atoms with E-state index in [2.05, 4.69) is 20.4 Å². The van der Waals surface area contributed by atoms with Crippen molar-refractivity contribution in [3.63, 3.8) is 0 Å². The minimum atomic E-state index is -4.91. The second-order valence-electron chi connectivity index (χ2n) is 10.2. The van der Waals surface area contributed by atoms with Crippen molar-refractivity contribution in [1.29, 1.82) is 0 Å². The standard InChI is InChI=1S/C28H31ClF5N3O4/c1-16(2)22(13-24(38)39)36-26(40)37-27(14-17-6-4-3-5-7-17,23-9-8-19(29)15-35-23)18-10-20(30)12-21(11-18)41-28(33,34)25(31)32/h3-6,8-12,16-17,19,22,25H,7,13-15H2,1-2H3,(H,38,39)(H2,36,37,40)/t17?,19?,22?,27-/m0/s1. The molecule has 2 amide bonds. The number of halogens is 6. The van der Waals surface area contributed by atoms with Gasteiger partial charge in [-0.3, -0.25) is 9.79 Å². The molecule has 0 radical (unpaired) electrons. The van der Waals surface area contributed by atoms with Gasteiger partial charge in [0.15, 0.2) is 0 Å². The molecule has 0 aromatic heterocycles. The number of rotatable bonds is 12.